The van der Waals surface area contributed by atoms with Crippen molar-refractivity contribution in [1.82, 2.24) is 0 Å². The molecule has 39 heavy (non-hydrogen) atoms. The van der Waals surface area contributed by atoms with Crippen LogP contribution in [0.25, 0.3) is 0 Å². The molecule has 1 N–H and O–H groups in total. The summed E-state index contributed by atoms with van der Waals surface area (Å²) in [5, 5.41) is 9.51. The highest BCUT2D eigenvalue weighted by Gasteiger charge is 2.80. The van der Waals surface area contributed by atoms with Crippen LogP contribution < -0.4 is 4.90 Å². The SMILES string of the molecule is CN(C(=O)O)c1ccc(C2C[C@]3(C)[C@@H](CCC34OCCO4)[C@@H]3C[C@@H]4O[C@@]45CC4(CC[C@]5(C)[C@@H]23)OCCO4)cc1. The molecule has 8 heteroatoms. The normalized spacial score (nSPS) is 46.4. The van der Waals surface area contributed by atoms with Gasteiger partial charge in [-0.2, -0.15) is 0 Å². The van der Waals surface area contributed by atoms with Gasteiger partial charge in [0.05, 0.1) is 32.5 Å². The fraction of sp³-hybridized carbons (Fsp3) is 0.774. The van der Waals surface area contributed by atoms with Gasteiger partial charge in [-0.25, -0.2) is 4.79 Å². The van der Waals surface area contributed by atoms with Crippen molar-refractivity contribution >= 4 is 11.8 Å². The summed E-state index contributed by atoms with van der Waals surface area (Å²) in [5.41, 5.74) is 1.72. The summed E-state index contributed by atoms with van der Waals surface area (Å²) in [6, 6.07) is 8.27. The van der Waals surface area contributed by atoms with E-state index >= 15 is 0 Å². The number of benzene rings is 1. The molecule has 3 heterocycles. The Balaban J connectivity index is 1.22. The van der Waals surface area contributed by atoms with Crippen molar-refractivity contribution in [3.63, 3.8) is 0 Å². The number of hydrogen-bond acceptors (Lipinski definition) is 6. The summed E-state index contributed by atoms with van der Waals surface area (Å²) >= 11 is 0. The van der Waals surface area contributed by atoms with Crippen molar-refractivity contribution in [2.45, 2.75) is 88.0 Å². The lowest BCUT2D eigenvalue weighted by atomic mass is 9.41. The lowest BCUT2D eigenvalue weighted by molar-refractivity contribution is -0.258. The number of carboxylic acid groups (broad SMARTS) is 1. The number of anilines is 1. The Morgan fingerprint density at radius 2 is 1.64 bits per heavy atom. The predicted molar refractivity (Wildman–Crippen MR) is 141 cm³/mol. The number of rotatable bonds is 2. The molecule has 3 saturated heterocycles. The molecule has 0 aromatic heterocycles. The standard InChI is InChI=1S/C31H41NO7/c1-27-10-11-29(35-12-13-36-29)18-30(27)24(39-30)16-21-23-8-9-31(37-14-15-38-31)28(23,2)17-22(25(21)27)19-4-6-20(7-5-19)32(3)26(33)34/h4-7,21-25H,8-18H2,1-3H3,(H,33,34)/t21-,22?,23-,24-,25+,27+,28+,30-/m0/s1. The van der Waals surface area contributed by atoms with Gasteiger partial charge >= 0.3 is 6.09 Å². The van der Waals surface area contributed by atoms with Crippen molar-refractivity contribution in [1.29, 1.82) is 0 Å². The second-order valence-electron chi connectivity index (χ2n) is 13.9. The molecule has 4 aliphatic carbocycles. The number of nitrogens with zero attached hydrogens (tertiary/aromatic N) is 1. The van der Waals surface area contributed by atoms with Crippen molar-refractivity contribution < 1.29 is 33.6 Å². The van der Waals surface area contributed by atoms with Crippen LogP contribution in [-0.2, 0) is 23.7 Å². The van der Waals surface area contributed by atoms with Crippen LogP contribution in [0.2, 0.25) is 0 Å². The maximum Gasteiger partial charge on any atom is 0.411 e. The quantitative estimate of drug-likeness (QED) is 0.520. The topological polar surface area (TPSA) is 90.0 Å². The first-order chi connectivity index (χ1) is 18.7. The molecule has 212 valence electrons. The zero-order valence-electron chi connectivity index (χ0n) is 23.3. The second kappa shape index (κ2) is 7.97. The van der Waals surface area contributed by atoms with E-state index in [1.165, 1.54) is 10.5 Å². The van der Waals surface area contributed by atoms with Gasteiger partial charge in [-0.1, -0.05) is 26.0 Å². The van der Waals surface area contributed by atoms with Crippen LogP contribution in [-0.4, -0.2) is 68.0 Å². The number of hydrogen-bond donors (Lipinski definition) is 1. The molecule has 4 saturated carbocycles. The van der Waals surface area contributed by atoms with Crippen molar-refractivity contribution in [3.8, 4) is 0 Å². The molecule has 0 bridgehead atoms. The Morgan fingerprint density at radius 3 is 2.33 bits per heavy atom. The summed E-state index contributed by atoms with van der Waals surface area (Å²) in [5.74, 6) is 0.830. The van der Waals surface area contributed by atoms with E-state index in [1.807, 2.05) is 12.1 Å². The molecule has 1 unspecified atom stereocenters. The van der Waals surface area contributed by atoms with Crippen molar-refractivity contribution in [2.24, 2.45) is 28.6 Å². The fourth-order valence-corrected chi connectivity index (χ4v) is 10.8. The smallest absolute Gasteiger partial charge is 0.411 e. The van der Waals surface area contributed by atoms with E-state index in [2.05, 4.69) is 26.0 Å². The van der Waals surface area contributed by atoms with Gasteiger partial charge in [0.1, 0.15) is 5.60 Å². The summed E-state index contributed by atoms with van der Waals surface area (Å²) in [7, 11) is 1.60. The first-order valence-electron chi connectivity index (χ1n) is 15.0. The number of carbonyl (C=O) groups is 1. The molecular weight excluding hydrogens is 498 g/mol. The van der Waals surface area contributed by atoms with E-state index in [1.54, 1.807) is 7.05 Å². The molecule has 0 radical (unpaired) electrons. The Labute approximate surface area is 230 Å². The van der Waals surface area contributed by atoms with Gasteiger partial charge in [-0.15, -0.1) is 0 Å². The Hall–Kier alpha value is -1.71. The van der Waals surface area contributed by atoms with Crippen LogP contribution in [0.5, 0.6) is 0 Å². The molecule has 8 atom stereocenters. The van der Waals surface area contributed by atoms with E-state index in [-0.39, 0.29) is 22.5 Å². The van der Waals surface area contributed by atoms with Gasteiger partial charge in [0.25, 0.3) is 0 Å². The number of amides is 1. The molecule has 7 fully saturated rings. The highest BCUT2D eigenvalue weighted by Crippen LogP contribution is 2.78. The number of ether oxygens (including phenoxy) is 5. The third kappa shape index (κ3) is 3.10. The van der Waals surface area contributed by atoms with Gasteiger partial charge in [0.15, 0.2) is 11.6 Å². The molecule has 3 spiro atoms. The molecule has 1 aromatic rings. The Bertz CT molecular complexity index is 1180. The van der Waals surface area contributed by atoms with Crippen LogP contribution in [0.3, 0.4) is 0 Å². The number of fused-ring (bicyclic) bond motifs is 5. The second-order valence-corrected chi connectivity index (χ2v) is 13.9. The summed E-state index contributed by atoms with van der Waals surface area (Å²) in [4.78, 5) is 12.9. The van der Waals surface area contributed by atoms with Gasteiger partial charge in [-0.05, 0) is 67.1 Å². The predicted octanol–water partition coefficient (Wildman–Crippen LogP) is 5.15. The maximum absolute atomic E-state index is 11.6. The molecule has 8 rings (SSSR count). The first-order valence-corrected chi connectivity index (χ1v) is 15.0. The first kappa shape index (κ1) is 25.0. The highest BCUT2D eigenvalue weighted by atomic mass is 16.7. The van der Waals surface area contributed by atoms with E-state index in [0.717, 1.165) is 44.9 Å². The van der Waals surface area contributed by atoms with Gasteiger partial charge < -0.3 is 28.8 Å². The van der Waals surface area contributed by atoms with E-state index < -0.39 is 17.7 Å². The van der Waals surface area contributed by atoms with Crippen molar-refractivity contribution in [3.05, 3.63) is 29.8 Å². The van der Waals surface area contributed by atoms with Gasteiger partial charge in [-0.3, -0.25) is 4.90 Å². The maximum atomic E-state index is 11.6. The Morgan fingerprint density at radius 1 is 0.949 bits per heavy atom. The minimum Gasteiger partial charge on any atom is -0.465 e. The van der Waals surface area contributed by atoms with Crippen LogP contribution in [0, 0.1) is 28.6 Å². The zero-order chi connectivity index (χ0) is 26.8. The van der Waals surface area contributed by atoms with Gasteiger partial charge in [0.2, 0.25) is 0 Å². The van der Waals surface area contributed by atoms with E-state index in [4.69, 9.17) is 23.7 Å². The molecule has 1 aromatic carbocycles. The molecule has 7 aliphatic rings. The molecule has 1 amide bonds. The minimum atomic E-state index is -0.953. The fourth-order valence-electron chi connectivity index (χ4n) is 10.8. The number of epoxide rings is 1. The van der Waals surface area contributed by atoms with Crippen LogP contribution >= 0.6 is 0 Å². The monoisotopic (exact) mass is 539 g/mol. The third-order valence-electron chi connectivity index (χ3n) is 12.7. The Kier molecular flexibility index (Phi) is 5.12. The largest absolute Gasteiger partial charge is 0.465 e. The highest BCUT2D eigenvalue weighted by molar-refractivity contribution is 5.85. The molecule has 3 aliphatic heterocycles. The summed E-state index contributed by atoms with van der Waals surface area (Å²) in [6.07, 6.45) is 6.25. The molecule has 8 nitrogen and oxygen atoms in total. The minimum absolute atomic E-state index is 0.0107. The van der Waals surface area contributed by atoms with Gasteiger partial charge in [0, 0.05) is 42.8 Å². The summed E-state index contributed by atoms with van der Waals surface area (Å²) in [6.45, 7) is 7.62. The van der Waals surface area contributed by atoms with Crippen LogP contribution in [0.15, 0.2) is 24.3 Å². The van der Waals surface area contributed by atoms with Crippen LogP contribution in [0.1, 0.15) is 70.3 Å². The summed E-state index contributed by atoms with van der Waals surface area (Å²) < 4.78 is 32.3. The molecular formula is C31H41NO7. The lowest BCUT2D eigenvalue weighted by Gasteiger charge is -2.63. The van der Waals surface area contributed by atoms with E-state index in [9.17, 15) is 9.90 Å². The zero-order valence-corrected chi connectivity index (χ0v) is 23.3. The van der Waals surface area contributed by atoms with Crippen LogP contribution in [0.4, 0.5) is 10.5 Å². The third-order valence-corrected chi connectivity index (χ3v) is 12.7. The lowest BCUT2D eigenvalue weighted by Crippen LogP contribution is -2.64. The van der Waals surface area contributed by atoms with Crippen molar-refractivity contribution in [2.75, 3.05) is 38.4 Å². The average Bonchev–Trinajstić information content (AvgIpc) is 3.27. The average molecular weight is 540 g/mol. The van der Waals surface area contributed by atoms with E-state index in [0.29, 0.717) is 55.8 Å².